The monoisotopic (exact) mass is 690 g/mol. The first-order valence-electron chi connectivity index (χ1n) is 16.9. The van der Waals surface area contributed by atoms with Crippen molar-refractivity contribution in [2.45, 2.75) is 0 Å². The number of rotatable bonds is 3. The van der Waals surface area contributed by atoms with Crippen LogP contribution >= 0.6 is 0 Å². The summed E-state index contributed by atoms with van der Waals surface area (Å²) in [6, 6.07) is 41.5. The summed E-state index contributed by atoms with van der Waals surface area (Å²) in [5.74, 6) is 6.19. The lowest BCUT2D eigenvalue weighted by molar-refractivity contribution is -0.207. The number of hydrazone groups is 1. The maximum atomic E-state index is 13.6. The number of benzene rings is 7. The minimum atomic E-state index is -0.520. The maximum Gasteiger partial charge on any atom is 0.360 e. The van der Waals surface area contributed by atoms with Gasteiger partial charge in [-0.3, -0.25) is 9.59 Å². The lowest BCUT2D eigenvalue weighted by Gasteiger charge is -2.33. The smallest absolute Gasteiger partial charge is 0.268 e. The zero-order valence-electron chi connectivity index (χ0n) is 28.6. The van der Waals surface area contributed by atoms with Crippen molar-refractivity contribution < 1.29 is 19.6 Å². The third-order valence-corrected chi connectivity index (χ3v) is 9.84. The molecule has 2 aliphatic rings. The summed E-state index contributed by atoms with van der Waals surface area (Å²) in [6.45, 7) is 0. The molecule has 7 aromatic carbocycles. The van der Waals surface area contributed by atoms with Crippen molar-refractivity contribution in [1.29, 1.82) is 0 Å². The van der Waals surface area contributed by atoms with E-state index in [9.17, 15) is 19.6 Å². The van der Waals surface area contributed by atoms with Gasteiger partial charge in [0, 0.05) is 47.3 Å². The normalized spacial score (nSPS) is 14.2. The molecule has 0 fully saturated rings. The van der Waals surface area contributed by atoms with E-state index >= 15 is 0 Å². The molecule has 53 heavy (non-hydrogen) atoms. The molecule has 0 saturated heterocycles. The molecule has 0 spiro atoms. The SMILES string of the molecule is CN1N=C(c2ccc(-c3c4ccccc4c(C#Cc4ccc(N5C(=O)c6cccc7cccc(c67)C5=O)cc4)c4ccccc34)cc2)N([O])N(C)C1=O. The van der Waals surface area contributed by atoms with Crippen LogP contribution < -0.4 is 4.90 Å². The van der Waals surface area contributed by atoms with Gasteiger partial charge in [0.2, 0.25) is 5.84 Å². The first-order valence-corrected chi connectivity index (χ1v) is 16.9. The zero-order chi connectivity index (χ0) is 36.4. The minimum absolute atomic E-state index is 0.117. The molecule has 0 aromatic heterocycles. The number of amides is 4. The Hall–Kier alpha value is -7.28. The molecule has 7 aromatic rings. The third kappa shape index (κ3) is 5.00. The van der Waals surface area contributed by atoms with Crippen LogP contribution in [0.4, 0.5) is 10.5 Å². The van der Waals surface area contributed by atoms with Crippen molar-refractivity contribution in [1.82, 2.24) is 15.2 Å². The van der Waals surface area contributed by atoms with E-state index in [4.69, 9.17) is 0 Å². The van der Waals surface area contributed by atoms with Crippen LogP contribution in [0.25, 0.3) is 43.4 Å². The van der Waals surface area contributed by atoms with Crippen molar-refractivity contribution in [3.8, 4) is 23.0 Å². The summed E-state index contributed by atoms with van der Waals surface area (Å²) in [6.07, 6.45) is 0. The Morgan fingerprint density at radius 2 is 1.11 bits per heavy atom. The molecule has 2 heterocycles. The number of anilines is 1. The summed E-state index contributed by atoms with van der Waals surface area (Å²) >= 11 is 0. The predicted molar refractivity (Wildman–Crippen MR) is 204 cm³/mol. The number of hydrazine groups is 1. The average Bonchev–Trinajstić information content (AvgIpc) is 3.19. The topological polar surface area (TPSA) is 96.4 Å². The van der Waals surface area contributed by atoms with Crippen LogP contribution in [0.5, 0.6) is 0 Å². The number of carbonyl (C=O) groups excluding carboxylic acids is 3. The van der Waals surface area contributed by atoms with Crippen LogP contribution in [0.1, 0.15) is 37.4 Å². The lowest BCUT2D eigenvalue weighted by Crippen LogP contribution is -2.53. The molecule has 0 atom stereocenters. The second-order valence-corrected chi connectivity index (χ2v) is 12.9. The number of imide groups is 1. The maximum absolute atomic E-state index is 13.6. The van der Waals surface area contributed by atoms with Crippen LogP contribution in [0.15, 0.2) is 139 Å². The number of urea groups is 1. The summed E-state index contributed by atoms with van der Waals surface area (Å²) < 4.78 is 0. The Morgan fingerprint density at radius 3 is 1.70 bits per heavy atom. The Labute approximate surface area is 304 Å². The van der Waals surface area contributed by atoms with Crippen molar-refractivity contribution in [3.05, 3.63) is 161 Å². The number of nitrogens with zero attached hydrogens (tertiary/aromatic N) is 5. The van der Waals surface area contributed by atoms with Crippen LogP contribution in [0, 0.1) is 11.8 Å². The molecule has 253 valence electrons. The van der Waals surface area contributed by atoms with Crippen LogP contribution in [-0.4, -0.2) is 53.0 Å². The molecule has 1 radical (unpaired) electrons. The van der Waals surface area contributed by atoms with Gasteiger partial charge in [0.05, 0.1) is 5.69 Å². The standard InChI is InChI=1S/C44H28N5O4/c1-46-44(52)47(2)49(53)41(45-46)30-22-20-29(21-23-30)39-35-13-5-3-11-32(35)34(33-12-4-6-14-36(33)39)26-19-27-17-24-31(25-18-27)48-42(50)37-15-7-9-28-10-8-16-38(40(28)37)43(48)51/h3-18,20-25H,1-2H3. The van der Waals surface area contributed by atoms with E-state index in [0.717, 1.165) is 59.2 Å². The van der Waals surface area contributed by atoms with E-state index < -0.39 is 6.03 Å². The average molecular weight is 691 g/mol. The number of hydroxylamine groups is 1. The second-order valence-electron chi connectivity index (χ2n) is 12.9. The third-order valence-electron chi connectivity index (χ3n) is 9.84. The molecule has 9 rings (SSSR count). The highest BCUT2D eigenvalue weighted by atomic mass is 16.6. The minimum Gasteiger partial charge on any atom is -0.268 e. The summed E-state index contributed by atoms with van der Waals surface area (Å²) in [5.41, 5.74) is 5.65. The van der Waals surface area contributed by atoms with Crippen LogP contribution in [-0.2, 0) is 5.21 Å². The van der Waals surface area contributed by atoms with Crippen molar-refractivity contribution >= 4 is 61.7 Å². The molecule has 0 saturated carbocycles. The first kappa shape index (κ1) is 31.7. The number of carbonyl (C=O) groups is 3. The van der Waals surface area contributed by atoms with Crippen molar-refractivity contribution in [2.24, 2.45) is 5.10 Å². The van der Waals surface area contributed by atoms with Gasteiger partial charge in [0.25, 0.3) is 11.8 Å². The molecule has 9 nitrogen and oxygen atoms in total. The molecule has 9 heteroatoms. The van der Waals surface area contributed by atoms with E-state index in [0.29, 0.717) is 32.9 Å². The largest absolute Gasteiger partial charge is 0.360 e. The van der Waals surface area contributed by atoms with Crippen LogP contribution in [0.3, 0.4) is 0 Å². The van der Waals surface area contributed by atoms with E-state index in [1.807, 2.05) is 84.9 Å². The van der Waals surface area contributed by atoms with Gasteiger partial charge in [-0.2, -0.15) is 0 Å². The Balaban J connectivity index is 1.08. The zero-order valence-corrected chi connectivity index (χ0v) is 28.6. The highest BCUT2D eigenvalue weighted by Crippen LogP contribution is 2.39. The van der Waals surface area contributed by atoms with Crippen LogP contribution in [0.2, 0.25) is 0 Å². The van der Waals surface area contributed by atoms with Gasteiger partial charge in [0.15, 0.2) is 0 Å². The van der Waals surface area contributed by atoms with Gasteiger partial charge in [-0.25, -0.2) is 19.7 Å². The highest BCUT2D eigenvalue weighted by molar-refractivity contribution is 6.35. The molecule has 4 amide bonds. The highest BCUT2D eigenvalue weighted by Gasteiger charge is 2.34. The second kappa shape index (κ2) is 12.2. The first-order chi connectivity index (χ1) is 25.8. The van der Waals surface area contributed by atoms with E-state index in [1.54, 1.807) is 24.3 Å². The molecular weight excluding hydrogens is 663 g/mol. The molecular formula is C44H28N5O4. The van der Waals surface area contributed by atoms with E-state index in [1.165, 1.54) is 19.0 Å². The van der Waals surface area contributed by atoms with Gasteiger partial charge in [-0.1, -0.05) is 114 Å². The molecule has 2 aliphatic heterocycles. The van der Waals surface area contributed by atoms with Gasteiger partial charge in [0.1, 0.15) is 0 Å². The van der Waals surface area contributed by atoms with Crippen molar-refractivity contribution in [3.63, 3.8) is 0 Å². The van der Waals surface area contributed by atoms with E-state index in [-0.39, 0.29) is 17.6 Å². The Kier molecular flexibility index (Phi) is 7.29. The van der Waals surface area contributed by atoms with Gasteiger partial charge < -0.3 is 0 Å². The quantitative estimate of drug-likeness (QED) is 0.106. The number of hydrogen-bond acceptors (Lipinski definition) is 5. The lowest BCUT2D eigenvalue weighted by atomic mass is 9.88. The molecule has 0 bridgehead atoms. The fraction of sp³-hybridized carbons (Fsp3) is 0.0455. The molecule has 0 aliphatic carbocycles. The Bertz CT molecular complexity index is 2690. The van der Waals surface area contributed by atoms with Gasteiger partial charge >= 0.3 is 6.03 Å². The van der Waals surface area contributed by atoms with Gasteiger partial charge in [-0.15, -0.1) is 10.3 Å². The summed E-state index contributed by atoms with van der Waals surface area (Å²) in [5, 5.41) is 25.2. The predicted octanol–water partition coefficient (Wildman–Crippen LogP) is 8.23. The van der Waals surface area contributed by atoms with E-state index in [2.05, 4.69) is 41.2 Å². The fourth-order valence-electron chi connectivity index (χ4n) is 7.27. The molecule has 0 unspecified atom stereocenters. The van der Waals surface area contributed by atoms with Crippen molar-refractivity contribution in [2.75, 3.05) is 19.0 Å². The fourth-order valence-corrected chi connectivity index (χ4v) is 7.27. The van der Waals surface area contributed by atoms with Gasteiger partial charge in [-0.05, 0) is 74.5 Å². The summed E-state index contributed by atoms with van der Waals surface area (Å²) in [7, 11) is 2.92. The Morgan fingerprint density at radius 1 is 0.566 bits per heavy atom. The number of fused-ring (bicyclic) bond motifs is 2. The number of amidine groups is 1. The molecule has 0 N–H and O–H groups in total. The summed E-state index contributed by atoms with van der Waals surface area (Å²) in [4.78, 5) is 40.5. The number of hydrogen-bond donors (Lipinski definition) is 0.